The molecule has 6 heteroatoms. The van der Waals surface area contributed by atoms with Crippen molar-refractivity contribution in [2.45, 2.75) is 19.8 Å². The zero-order valence-electron chi connectivity index (χ0n) is 12.4. The molecule has 3 aromatic heterocycles. The molecule has 0 aromatic carbocycles. The molecule has 1 N–H and O–H groups in total. The van der Waals surface area contributed by atoms with Crippen LogP contribution in [-0.4, -0.2) is 26.5 Å². The molecule has 112 valence electrons. The summed E-state index contributed by atoms with van der Waals surface area (Å²) in [6.45, 7) is 2.89. The molecule has 0 bridgehead atoms. The number of aromatic nitrogens is 4. The van der Waals surface area contributed by atoms with Crippen molar-refractivity contribution in [2.24, 2.45) is 0 Å². The van der Waals surface area contributed by atoms with E-state index in [1.165, 1.54) is 0 Å². The third-order valence-electron chi connectivity index (χ3n) is 3.23. The van der Waals surface area contributed by atoms with Gasteiger partial charge in [-0.1, -0.05) is 6.92 Å². The second kappa shape index (κ2) is 7.09. The number of nitrogens with one attached hydrogen (secondary N) is 1. The minimum Gasteiger partial charge on any atom is -0.370 e. The third-order valence-corrected chi connectivity index (χ3v) is 4.17. The molecule has 0 aliphatic heterocycles. The Hall–Kier alpha value is -2.34. The van der Waals surface area contributed by atoms with Gasteiger partial charge in [-0.15, -0.1) is 11.3 Å². The van der Waals surface area contributed by atoms with Gasteiger partial charge in [0.1, 0.15) is 17.2 Å². The summed E-state index contributed by atoms with van der Waals surface area (Å²) in [7, 11) is 0. The van der Waals surface area contributed by atoms with Gasteiger partial charge < -0.3 is 5.32 Å². The Morgan fingerprint density at radius 3 is 3.00 bits per heavy atom. The normalized spacial score (nSPS) is 10.6. The summed E-state index contributed by atoms with van der Waals surface area (Å²) in [6.07, 6.45) is 6.99. The molecule has 0 unspecified atom stereocenters. The Kier molecular flexibility index (Phi) is 4.70. The summed E-state index contributed by atoms with van der Waals surface area (Å²) < 4.78 is 0. The van der Waals surface area contributed by atoms with Gasteiger partial charge >= 0.3 is 0 Å². The molecule has 0 saturated carbocycles. The van der Waals surface area contributed by atoms with Crippen molar-refractivity contribution in [2.75, 3.05) is 11.9 Å². The van der Waals surface area contributed by atoms with Crippen molar-refractivity contribution >= 4 is 17.2 Å². The van der Waals surface area contributed by atoms with E-state index >= 15 is 0 Å². The minimum atomic E-state index is 0.802. The van der Waals surface area contributed by atoms with Crippen molar-refractivity contribution in [1.82, 2.24) is 19.9 Å². The Morgan fingerprint density at radius 2 is 2.18 bits per heavy atom. The van der Waals surface area contributed by atoms with Gasteiger partial charge in [-0.25, -0.2) is 15.0 Å². The van der Waals surface area contributed by atoms with E-state index in [9.17, 15) is 0 Å². The van der Waals surface area contributed by atoms with Crippen molar-refractivity contribution in [1.29, 1.82) is 0 Å². The fraction of sp³-hybridized carbons (Fsp3) is 0.250. The number of hydrogen-bond acceptors (Lipinski definition) is 6. The average Bonchev–Trinajstić information content (AvgIpc) is 3.05. The molecular formula is C16H17N5S. The van der Waals surface area contributed by atoms with Crippen LogP contribution >= 0.6 is 11.3 Å². The number of aryl methyl sites for hydroxylation is 1. The van der Waals surface area contributed by atoms with Crippen LogP contribution in [0, 0.1) is 0 Å². The highest BCUT2D eigenvalue weighted by Gasteiger charge is 2.05. The van der Waals surface area contributed by atoms with Gasteiger partial charge in [0.15, 0.2) is 0 Å². The van der Waals surface area contributed by atoms with Crippen LogP contribution in [0.1, 0.15) is 18.3 Å². The summed E-state index contributed by atoms with van der Waals surface area (Å²) in [5.74, 6) is 0.870. The lowest BCUT2D eigenvalue weighted by Gasteiger charge is -2.04. The quantitative estimate of drug-likeness (QED) is 0.757. The molecule has 3 aromatic rings. The van der Waals surface area contributed by atoms with E-state index in [2.05, 4.69) is 37.6 Å². The van der Waals surface area contributed by atoms with Crippen LogP contribution in [0.5, 0.6) is 0 Å². The Bertz CT molecular complexity index is 726. The molecule has 0 atom stereocenters. The van der Waals surface area contributed by atoms with Gasteiger partial charge in [-0.2, -0.15) is 0 Å². The topological polar surface area (TPSA) is 63.6 Å². The summed E-state index contributed by atoms with van der Waals surface area (Å²) in [5.41, 5.74) is 3.20. The van der Waals surface area contributed by atoms with E-state index in [4.69, 9.17) is 0 Å². The molecule has 0 spiro atoms. The zero-order chi connectivity index (χ0) is 15.2. The van der Waals surface area contributed by atoms with Gasteiger partial charge in [0.25, 0.3) is 0 Å². The smallest absolute Gasteiger partial charge is 0.129 e. The van der Waals surface area contributed by atoms with Crippen molar-refractivity contribution in [3.8, 4) is 10.6 Å². The molecular weight excluding hydrogens is 294 g/mol. The first kappa shape index (κ1) is 14.6. The van der Waals surface area contributed by atoms with Crippen molar-refractivity contribution in [3.63, 3.8) is 0 Å². The summed E-state index contributed by atoms with van der Waals surface area (Å²) in [6, 6.07) is 5.95. The van der Waals surface area contributed by atoms with Gasteiger partial charge in [0, 0.05) is 48.1 Å². The average molecular weight is 311 g/mol. The van der Waals surface area contributed by atoms with Crippen LogP contribution < -0.4 is 5.32 Å². The number of anilines is 1. The monoisotopic (exact) mass is 311 g/mol. The Labute approximate surface area is 133 Å². The molecule has 22 heavy (non-hydrogen) atoms. The highest BCUT2D eigenvalue weighted by Crippen LogP contribution is 2.22. The number of rotatable bonds is 6. The van der Waals surface area contributed by atoms with Gasteiger partial charge in [0.2, 0.25) is 0 Å². The number of thiazole rings is 1. The highest BCUT2D eigenvalue weighted by atomic mass is 32.1. The standard InChI is InChI=1S/C16H17N5S/c1-2-13-8-15(20-11-19-13)18-7-5-14-10-22-16(21-14)12-4-3-6-17-9-12/h3-4,6,8-11H,2,5,7H2,1H3,(H,18,19,20). The third kappa shape index (κ3) is 3.65. The van der Waals surface area contributed by atoms with Gasteiger partial charge in [0.05, 0.1) is 5.69 Å². The lowest BCUT2D eigenvalue weighted by Crippen LogP contribution is -2.07. The van der Waals surface area contributed by atoms with E-state index in [0.29, 0.717) is 0 Å². The van der Waals surface area contributed by atoms with Crippen LogP contribution in [0.3, 0.4) is 0 Å². The molecule has 0 saturated heterocycles. The number of nitrogens with zero attached hydrogens (tertiary/aromatic N) is 4. The second-order valence-electron chi connectivity index (χ2n) is 4.81. The number of hydrogen-bond donors (Lipinski definition) is 1. The summed E-state index contributed by atoms with van der Waals surface area (Å²) >= 11 is 1.65. The number of pyridine rings is 1. The second-order valence-corrected chi connectivity index (χ2v) is 5.67. The predicted octanol–water partition coefficient (Wildman–Crippen LogP) is 3.21. The van der Waals surface area contributed by atoms with E-state index in [1.807, 2.05) is 24.4 Å². The molecule has 0 aliphatic rings. The van der Waals surface area contributed by atoms with Crippen LogP contribution in [0.15, 0.2) is 42.3 Å². The highest BCUT2D eigenvalue weighted by molar-refractivity contribution is 7.13. The van der Waals surface area contributed by atoms with Crippen molar-refractivity contribution in [3.05, 3.63) is 53.7 Å². The minimum absolute atomic E-state index is 0.802. The molecule has 3 rings (SSSR count). The SMILES string of the molecule is CCc1cc(NCCc2csc(-c3cccnc3)n2)ncn1. The molecule has 0 aliphatic carbocycles. The molecule has 0 fully saturated rings. The van der Waals surface area contributed by atoms with E-state index in [-0.39, 0.29) is 0 Å². The Morgan fingerprint density at radius 1 is 1.23 bits per heavy atom. The fourth-order valence-electron chi connectivity index (χ4n) is 2.05. The first-order chi connectivity index (χ1) is 10.8. The predicted molar refractivity (Wildman–Crippen MR) is 88.9 cm³/mol. The first-order valence-electron chi connectivity index (χ1n) is 7.24. The van der Waals surface area contributed by atoms with Gasteiger partial charge in [-0.3, -0.25) is 4.98 Å². The molecule has 5 nitrogen and oxygen atoms in total. The molecule has 3 heterocycles. The van der Waals surface area contributed by atoms with Gasteiger partial charge in [-0.05, 0) is 18.6 Å². The van der Waals surface area contributed by atoms with Crippen LogP contribution in [0.4, 0.5) is 5.82 Å². The fourth-order valence-corrected chi connectivity index (χ4v) is 2.89. The van der Waals surface area contributed by atoms with Crippen LogP contribution in [0.25, 0.3) is 10.6 Å². The van der Waals surface area contributed by atoms with Crippen molar-refractivity contribution < 1.29 is 0 Å². The van der Waals surface area contributed by atoms with Crippen LogP contribution in [-0.2, 0) is 12.8 Å². The molecule has 0 radical (unpaired) electrons. The largest absolute Gasteiger partial charge is 0.370 e. The Balaban J connectivity index is 1.57. The zero-order valence-corrected chi connectivity index (χ0v) is 13.2. The first-order valence-corrected chi connectivity index (χ1v) is 8.12. The maximum absolute atomic E-state index is 4.65. The lowest BCUT2D eigenvalue weighted by molar-refractivity contribution is 0.950. The van der Waals surface area contributed by atoms with E-state index in [0.717, 1.165) is 47.2 Å². The van der Waals surface area contributed by atoms with E-state index < -0.39 is 0 Å². The van der Waals surface area contributed by atoms with E-state index in [1.54, 1.807) is 23.9 Å². The maximum atomic E-state index is 4.65. The molecule has 0 amide bonds. The summed E-state index contributed by atoms with van der Waals surface area (Å²) in [4.78, 5) is 17.2. The summed E-state index contributed by atoms with van der Waals surface area (Å²) in [5, 5.41) is 6.43. The van der Waals surface area contributed by atoms with Crippen LogP contribution in [0.2, 0.25) is 0 Å². The maximum Gasteiger partial charge on any atom is 0.129 e. The lowest BCUT2D eigenvalue weighted by atomic mass is 10.3.